The van der Waals surface area contributed by atoms with Gasteiger partial charge < -0.3 is 14.4 Å². The van der Waals surface area contributed by atoms with Crippen molar-refractivity contribution in [3.63, 3.8) is 0 Å². The molecule has 3 rings (SSSR count). The largest absolute Gasteiger partial charge is 0.494 e. The normalized spacial score (nSPS) is 13.6. The molecule has 0 fully saturated rings. The van der Waals surface area contributed by atoms with E-state index >= 15 is 0 Å². The summed E-state index contributed by atoms with van der Waals surface area (Å²) >= 11 is 6.21. The van der Waals surface area contributed by atoms with Gasteiger partial charge in [-0.1, -0.05) is 17.7 Å². The summed E-state index contributed by atoms with van der Waals surface area (Å²) in [5.41, 5.74) is 3.28. The summed E-state index contributed by atoms with van der Waals surface area (Å²) in [6.45, 7) is 5.96. The van der Waals surface area contributed by atoms with Crippen LogP contribution in [0.4, 0.5) is 5.69 Å². The molecule has 0 spiro atoms. The number of rotatable bonds is 3. The van der Waals surface area contributed by atoms with Crippen molar-refractivity contribution < 1.29 is 9.47 Å². The fourth-order valence-electron chi connectivity index (χ4n) is 2.42. The average Bonchev–Trinajstić information content (AvgIpc) is 2.50. The first-order valence-corrected chi connectivity index (χ1v) is 7.45. The summed E-state index contributed by atoms with van der Waals surface area (Å²) in [4.78, 5) is 2.16. The molecule has 2 aromatic rings. The Hall–Kier alpha value is -1.87. The molecule has 21 heavy (non-hydrogen) atoms. The van der Waals surface area contributed by atoms with E-state index in [9.17, 15) is 0 Å². The van der Waals surface area contributed by atoms with E-state index < -0.39 is 0 Å². The van der Waals surface area contributed by atoms with E-state index in [4.69, 9.17) is 21.1 Å². The van der Waals surface area contributed by atoms with Gasteiger partial charge in [0.25, 0.3) is 0 Å². The molecule has 0 aliphatic carbocycles. The van der Waals surface area contributed by atoms with E-state index in [1.54, 1.807) is 0 Å². The third kappa shape index (κ3) is 2.93. The molecular weight excluding hydrogens is 286 g/mol. The Bertz CT molecular complexity index is 657. The first-order chi connectivity index (χ1) is 10.2. The van der Waals surface area contributed by atoms with Crippen LogP contribution in [0.15, 0.2) is 36.4 Å². The zero-order valence-electron chi connectivity index (χ0n) is 12.2. The van der Waals surface area contributed by atoms with Gasteiger partial charge >= 0.3 is 0 Å². The SMILES string of the molecule is CCOc1ccc2c(c1)CN(c1ccc(C)c(Cl)c1)CO2. The Kier molecular flexibility index (Phi) is 3.93. The van der Waals surface area contributed by atoms with Crippen molar-refractivity contribution in [2.45, 2.75) is 20.4 Å². The zero-order chi connectivity index (χ0) is 14.8. The van der Waals surface area contributed by atoms with Crippen LogP contribution in [-0.4, -0.2) is 13.3 Å². The lowest BCUT2D eigenvalue weighted by Crippen LogP contribution is -2.31. The fourth-order valence-corrected chi connectivity index (χ4v) is 2.59. The van der Waals surface area contributed by atoms with Crippen molar-refractivity contribution in [1.82, 2.24) is 0 Å². The van der Waals surface area contributed by atoms with Crippen LogP contribution in [0.3, 0.4) is 0 Å². The molecule has 2 aromatic carbocycles. The summed E-state index contributed by atoms with van der Waals surface area (Å²) in [6.07, 6.45) is 0. The lowest BCUT2D eigenvalue weighted by atomic mass is 10.1. The monoisotopic (exact) mass is 303 g/mol. The maximum Gasteiger partial charge on any atom is 0.161 e. The number of hydrogen-bond donors (Lipinski definition) is 0. The topological polar surface area (TPSA) is 21.7 Å². The predicted molar refractivity (Wildman–Crippen MR) is 85.5 cm³/mol. The minimum atomic E-state index is 0.528. The second kappa shape index (κ2) is 5.86. The molecule has 110 valence electrons. The number of aryl methyl sites for hydroxylation is 1. The Morgan fingerprint density at radius 1 is 1.24 bits per heavy atom. The number of hydrogen-bond acceptors (Lipinski definition) is 3. The minimum Gasteiger partial charge on any atom is -0.494 e. The van der Waals surface area contributed by atoms with Crippen LogP contribution in [0, 0.1) is 6.92 Å². The van der Waals surface area contributed by atoms with E-state index in [2.05, 4.69) is 11.0 Å². The maximum absolute atomic E-state index is 6.21. The molecule has 0 aromatic heterocycles. The van der Waals surface area contributed by atoms with Crippen LogP contribution in [-0.2, 0) is 6.54 Å². The van der Waals surface area contributed by atoms with Crippen molar-refractivity contribution in [2.24, 2.45) is 0 Å². The molecular formula is C17H18ClNO2. The summed E-state index contributed by atoms with van der Waals surface area (Å²) in [5, 5.41) is 0.779. The zero-order valence-corrected chi connectivity index (χ0v) is 13.0. The number of fused-ring (bicyclic) bond motifs is 1. The van der Waals surface area contributed by atoms with Crippen molar-refractivity contribution in [2.75, 3.05) is 18.2 Å². The van der Waals surface area contributed by atoms with Crippen LogP contribution in [0.5, 0.6) is 11.5 Å². The average molecular weight is 304 g/mol. The van der Waals surface area contributed by atoms with Crippen LogP contribution in [0.2, 0.25) is 5.02 Å². The van der Waals surface area contributed by atoms with Gasteiger partial charge in [-0.05, 0) is 49.7 Å². The van der Waals surface area contributed by atoms with E-state index in [1.165, 1.54) is 0 Å². The molecule has 0 bridgehead atoms. The number of nitrogens with zero attached hydrogens (tertiary/aromatic N) is 1. The highest BCUT2D eigenvalue weighted by atomic mass is 35.5. The Balaban J connectivity index is 1.85. The van der Waals surface area contributed by atoms with Crippen LogP contribution < -0.4 is 14.4 Å². The van der Waals surface area contributed by atoms with Gasteiger partial charge in [-0.3, -0.25) is 0 Å². The van der Waals surface area contributed by atoms with Gasteiger partial charge in [0.1, 0.15) is 11.5 Å². The third-order valence-corrected chi connectivity index (χ3v) is 4.01. The summed E-state index contributed by atoms with van der Waals surface area (Å²) in [5.74, 6) is 1.80. The molecule has 0 saturated heterocycles. The van der Waals surface area contributed by atoms with Crippen molar-refractivity contribution in [3.05, 3.63) is 52.5 Å². The number of anilines is 1. The molecule has 0 N–H and O–H groups in total. The smallest absolute Gasteiger partial charge is 0.161 e. The van der Waals surface area contributed by atoms with Gasteiger partial charge in [-0.15, -0.1) is 0 Å². The Labute approximate surface area is 130 Å². The highest BCUT2D eigenvalue weighted by Crippen LogP contribution is 2.32. The third-order valence-electron chi connectivity index (χ3n) is 3.60. The van der Waals surface area contributed by atoms with Crippen LogP contribution in [0.25, 0.3) is 0 Å². The van der Waals surface area contributed by atoms with E-state index in [0.29, 0.717) is 13.3 Å². The summed E-state index contributed by atoms with van der Waals surface area (Å²) < 4.78 is 11.4. The fraction of sp³-hybridized carbons (Fsp3) is 0.294. The Morgan fingerprint density at radius 2 is 2.10 bits per heavy atom. The van der Waals surface area contributed by atoms with Crippen molar-refractivity contribution in [1.29, 1.82) is 0 Å². The highest BCUT2D eigenvalue weighted by molar-refractivity contribution is 6.31. The van der Waals surface area contributed by atoms with E-state index in [0.717, 1.165) is 39.9 Å². The van der Waals surface area contributed by atoms with Crippen molar-refractivity contribution >= 4 is 17.3 Å². The molecule has 3 nitrogen and oxygen atoms in total. The van der Waals surface area contributed by atoms with E-state index in [1.807, 2.05) is 44.2 Å². The Morgan fingerprint density at radius 3 is 2.86 bits per heavy atom. The van der Waals surface area contributed by atoms with Gasteiger partial charge in [0, 0.05) is 22.8 Å². The standard InChI is InChI=1S/C17H18ClNO2/c1-3-20-15-6-7-17-13(8-15)10-19(11-21-17)14-5-4-12(2)16(18)9-14/h4-9H,3,10-11H2,1-2H3. The quantitative estimate of drug-likeness (QED) is 0.838. The number of benzene rings is 2. The lowest BCUT2D eigenvalue weighted by molar-refractivity contribution is 0.286. The van der Waals surface area contributed by atoms with Gasteiger partial charge in [0.15, 0.2) is 6.73 Å². The lowest BCUT2D eigenvalue weighted by Gasteiger charge is -2.31. The number of halogens is 1. The first-order valence-electron chi connectivity index (χ1n) is 7.07. The molecule has 0 saturated carbocycles. The molecule has 1 aliphatic rings. The second-order valence-electron chi connectivity index (χ2n) is 5.11. The molecule has 1 heterocycles. The van der Waals surface area contributed by atoms with Gasteiger partial charge in [-0.25, -0.2) is 0 Å². The van der Waals surface area contributed by atoms with Crippen LogP contribution >= 0.6 is 11.6 Å². The molecule has 0 unspecified atom stereocenters. The van der Waals surface area contributed by atoms with Crippen LogP contribution in [0.1, 0.15) is 18.1 Å². The van der Waals surface area contributed by atoms with Gasteiger partial charge in [0.2, 0.25) is 0 Å². The van der Waals surface area contributed by atoms with E-state index in [-0.39, 0.29) is 0 Å². The van der Waals surface area contributed by atoms with Crippen molar-refractivity contribution in [3.8, 4) is 11.5 Å². The second-order valence-corrected chi connectivity index (χ2v) is 5.51. The summed E-state index contributed by atoms with van der Waals surface area (Å²) in [7, 11) is 0. The molecule has 0 atom stereocenters. The highest BCUT2D eigenvalue weighted by Gasteiger charge is 2.18. The first kappa shape index (κ1) is 14.1. The minimum absolute atomic E-state index is 0.528. The molecule has 0 amide bonds. The summed E-state index contributed by atoms with van der Waals surface area (Å²) in [6, 6.07) is 12.0. The predicted octanol–water partition coefficient (Wildman–Crippen LogP) is 4.40. The van der Waals surface area contributed by atoms with Gasteiger partial charge in [0.05, 0.1) is 6.61 Å². The molecule has 0 radical (unpaired) electrons. The molecule has 4 heteroatoms. The maximum atomic E-state index is 6.21. The molecule has 1 aliphatic heterocycles. The number of ether oxygens (including phenoxy) is 2. The van der Waals surface area contributed by atoms with Gasteiger partial charge in [-0.2, -0.15) is 0 Å².